The number of fused-ring (bicyclic) bond motifs is 7. The van der Waals surface area contributed by atoms with Gasteiger partial charge in [0.2, 0.25) is 0 Å². The van der Waals surface area contributed by atoms with E-state index in [1.165, 1.54) is 32.3 Å². The van der Waals surface area contributed by atoms with Crippen LogP contribution in [0.5, 0.6) is 0 Å². The highest BCUT2D eigenvalue weighted by Crippen LogP contribution is 2.51. The van der Waals surface area contributed by atoms with E-state index in [0.29, 0.717) is 0 Å². The standard InChI is InChI=1S/C26H18O3/c27-23-21-11-19-9-17-7-15-5-13-3-1-2-4-14(13)6-16(15)8-18(17)10-20(19)12-22(21)25-26(29-25)24(23)28/h1-12,23-28H. The molecule has 0 bridgehead atoms. The van der Waals surface area contributed by atoms with Crippen molar-refractivity contribution in [2.45, 2.75) is 24.4 Å². The summed E-state index contributed by atoms with van der Waals surface area (Å²) in [6.07, 6.45) is -2.10. The van der Waals surface area contributed by atoms with Crippen LogP contribution in [0, 0.1) is 0 Å². The topological polar surface area (TPSA) is 53.0 Å². The summed E-state index contributed by atoms with van der Waals surface area (Å²) in [7, 11) is 0. The maximum Gasteiger partial charge on any atom is 0.118 e. The van der Waals surface area contributed by atoms with Crippen LogP contribution in [0.2, 0.25) is 0 Å². The fraction of sp³-hybridized carbons (Fsp3) is 0.154. The molecule has 4 atom stereocenters. The highest BCUT2D eigenvalue weighted by atomic mass is 16.6. The minimum absolute atomic E-state index is 0.0912. The SMILES string of the molecule is OC1c2cc3cc4cc5cc6ccccc6cc5cc4cc3cc2C2OC2C1O. The molecule has 0 amide bonds. The zero-order valence-electron chi connectivity index (χ0n) is 15.5. The molecule has 1 aliphatic heterocycles. The van der Waals surface area contributed by atoms with Crippen LogP contribution in [-0.2, 0) is 4.74 Å². The fourth-order valence-electron chi connectivity index (χ4n) is 5.03. The zero-order chi connectivity index (χ0) is 19.3. The second-order valence-electron chi connectivity index (χ2n) is 8.38. The molecule has 2 N–H and O–H groups in total. The molecule has 3 heteroatoms. The molecule has 140 valence electrons. The van der Waals surface area contributed by atoms with E-state index in [1.54, 1.807) is 0 Å². The van der Waals surface area contributed by atoms with E-state index in [2.05, 4.69) is 66.7 Å². The van der Waals surface area contributed by atoms with E-state index < -0.39 is 12.2 Å². The molecular weight excluding hydrogens is 360 g/mol. The molecule has 1 fully saturated rings. The van der Waals surface area contributed by atoms with E-state index in [1.807, 2.05) is 6.07 Å². The van der Waals surface area contributed by atoms with Crippen molar-refractivity contribution in [2.75, 3.05) is 0 Å². The number of benzene rings is 5. The summed E-state index contributed by atoms with van der Waals surface area (Å²) in [5, 5.41) is 30.2. The normalized spacial score (nSPS) is 25.4. The quantitative estimate of drug-likeness (QED) is 0.290. The molecule has 5 aromatic rings. The predicted molar refractivity (Wildman–Crippen MR) is 115 cm³/mol. The second-order valence-corrected chi connectivity index (χ2v) is 8.38. The third-order valence-electron chi connectivity index (χ3n) is 6.63. The van der Waals surface area contributed by atoms with Gasteiger partial charge in [0.05, 0.1) is 0 Å². The van der Waals surface area contributed by atoms with Crippen LogP contribution in [0.25, 0.3) is 43.1 Å². The van der Waals surface area contributed by atoms with Gasteiger partial charge in [-0.3, -0.25) is 0 Å². The van der Waals surface area contributed by atoms with E-state index in [4.69, 9.17) is 4.74 Å². The molecule has 0 saturated carbocycles. The number of ether oxygens (including phenoxy) is 1. The molecule has 1 saturated heterocycles. The summed E-state index contributed by atoms with van der Waals surface area (Å²) in [5.41, 5.74) is 1.79. The van der Waals surface area contributed by atoms with Gasteiger partial charge >= 0.3 is 0 Å². The number of hydrogen-bond donors (Lipinski definition) is 2. The lowest BCUT2D eigenvalue weighted by Gasteiger charge is -2.24. The van der Waals surface area contributed by atoms with Crippen LogP contribution in [0.4, 0.5) is 0 Å². The molecule has 3 nitrogen and oxygen atoms in total. The Hall–Kier alpha value is -2.98. The first kappa shape index (κ1) is 15.9. The zero-order valence-corrected chi connectivity index (χ0v) is 15.5. The first-order valence-electron chi connectivity index (χ1n) is 10.0. The number of epoxide rings is 1. The van der Waals surface area contributed by atoms with Crippen molar-refractivity contribution < 1.29 is 14.9 Å². The number of rotatable bonds is 0. The van der Waals surface area contributed by atoms with Crippen molar-refractivity contribution >= 4 is 43.1 Å². The maximum absolute atomic E-state index is 10.5. The Labute approximate surface area is 166 Å². The summed E-state index contributed by atoms with van der Waals surface area (Å²) in [5.74, 6) is 0. The van der Waals surface area contributed by atoms with E-state index in [0.717, 1.165) is 21.9 Å². The van der Waals surface area contributed by atoms with E-state index >= 15 is 0 Å². The molecule has 5 aromatic carbocycles. The highest BCUT2D eigenvalue weighted by molar-refractivity contribution is 6.08. The average molecular weight is 378 g/mol. The van der Waals surface area contributed by atoms with Gasteiger partial charge in [-0.1, -0.05) is 24.3 Å². The number of aliphatic hydroxyl groups excluding tert-OH is 2. The molecule has 1 heterocycles. The predicted octanol–water partition coefficient (Wildman–Crippen LogP) is 5.15. The molecule has 0 radical (unpaired) electrons. The lowest BCUT2D eigenvalue weighted by atomic mass is 9.85. The summed E-state index contributed by atoms with van der Waals surface area (Å²) in [4.78, 5) is 0. The van der Waals surface area contributed by atoms with E-state index in [-0.39, 0.29) is 12.2 Å². The van der Waals surface area contributed by atoms with Crippen molar-refractivity contribution in [1.29, 1.82) is 0 Å². The monoisotopic (exact) mass is 378 g/mol. The Morgan fingerprint density at radius 1 is 0.552 bits per heavy atom. The van der Waals surface area contributed by atoms with E-state index in [9.17, 15) is 10.2 Å². The molecule has 2 aliphatic rings. The third kappa shape index (κ3) is 2.18. The minimum atomic E-state index is -0.892. The van der Waals surface area contributed by atoms with Gasteiger partial charge < -0.3 is 14.9 Å². The molecule has 29 heavy (non-hydrogen) atoms. The van der Waals surface area contributed by atoms with Crippen LogP contribution in [0.1, 0.15) is 23.3 Å². The van der Waals surface area contributed by atoms with Crippen LogP contribution in [0.15, 0.2) is 72.8 Å². The largest absolute Gasteiger partial charge is 0.387 e. The lowest BCUT2D eigenvalue weighted by molar-refractivity contribution is 0.0000728. The Morgan fingerprint density at radius 3 is 1.55 bits per heavy atom. The smallest absolute Gasteiger partial charge is 0.118 e. The molecular formula is C26H18O3. The third-order valence-corrected chi connectivity index (χ3v) is 6.63. The Balaban J connectivity index is 1.50. The number of hydrogen-bond acceptors (Lipinski definition) is 3. The molecule has 4 unspecified atom stereocenters. The van der Waals surface area contributed by atoms with Gasteiger partial charge in [-0.2, -0.15) is 0 Å². The fourth-order valence-corrected chi connectivity index (χ4v) is 5.03. The van der Waals surface area contributed by atoms with Gasteiger partial charge in [0.25, 0.3) is 0 Å². The van der Waals surface area contributed by atoms with Crippen LogP contribution in [0.3, 0.4) is 0 Å². The van der Waals surface area contributed by atoms with Crippen molar-refractivity contribution in [3.63, 3.8) is 0 Å². The highest BCUT2D eigenvalue weighted by Gasteiger charge is 2.53. The van der Waals surface area contributed by atoms with Gasteiger partial charge in [-0.25, -0.2) is 0 Å². The first-order chi connectivity index (χ1) is 14.2. The van der Waals surface area contributed by atoms with Crippen molar-refractivity contribution in [2.24, 2.45) is 0 Å². The second kappa shape index (κ2) is 5.33. The van der Waals surface area contributed by atoms with Gasteiger partial charge in [0.15, 0.2) is 0 Å². The Morgan fingerprint density at radius 2 is 1.00 bits per heavy atom. The van der Waals surface area contributed by atoms with Gasteiger partial charge in [0, 0.05) is 0 Å². The number of aliphatic hydroxyl groups is 2. The molecule has 0 aromatic heterocycles. The molecule has 0 spiro atoms. The first-order valence-corrected chi connectivity index (χ1v) is 10.0. The molecule has 1 aliphatic carbocycles. The van der Waals surface area contributed by atoms with Crippen molar-refractivity contribution in [1.82, 2.24) is 0 Å². The average Bonchev–Trinajstić information content (AvgIpc) is 3.53. The maximum atomic E-state index is 10.5. The van der Waals surface area contributed by atoms with Crippen LogP contribution in [-0.4, -0.2) is 22.4 Å². The van der Waals surface area contributed by atoms with Crippen LogP contribution >= 0.6 is 0 Å². The molecule has 7 rings (SSSR count). The minimum Gasteiger partial charge on any atom is -0.387 e. The summed E-state index contributed by atoms with van der Waals surface area (Å²) < 4.78 is 5.61. The van der Waals surface area contributed by atoms with Crippen LogP contribution < -0.4 is 0 Å². The summed E-state index contributed by atoms with van der Waals surface area (Å²) >= 11 is 0. The Kier molecular flexibility index (Phi) is 2.92. The lowest BCUT2D eigenvalue weighted by Crippen LogP contribution is -2.28. The van der Waals surface area contributed by atoms with Crippen molar-refractivity contribution in [3.8, 4) is 0 Å². The Bertz CT molecular complexity index is 1490. The van der Waals surface area contributed by atoms with Gasteiger partial charge in [0.1, 0.15) is 24.4 Å². The van der Waals surface area contributed by atoms with Gasteiger partial charge in [-0.15, -0.1) is 0 Å². The van der Waals surface area contributed by atoms with Gasteiger partial charge in [-0.05, 0) is 103 Å². The summed E-state index contributed by atoms with van der Waals surface area (Å²) in [6.45, 7) is 0. The summed E-state index contributed by atoms with van der Waals surface area (Å²) in [6, 6.07) is 26.0. The van der Waals surface area contributed by atoms with Crippen molar-refractivity contribution in [3.05, 3.63) is 83.9 Å².